The van der Waals surface area contributed by atoms with Crippen LogP contribution in [0.1, 0.15) is 57.9 Å². The second-order valence-electron chi connectivity index (χ2n) is 10.6. The topological polar surface area (TPSA) is 29.6 Å². The zero-order chi connectivity index (χ0) is 24.0. The number of rotatable bonds is 3. The van der Waals surface area contributed by atoms with Gasteiger partial charge >= 0.3 is 0 Å². The molecule has 3 heteroatoms. The van der Waals surface area contributed by atoms with Crippen LogP contribution in [0.25, 0.3) is 27.6 Å². The minimum absolute atomic E-state index is 0.0235. The van der Waals surface area contributed by atoms with E-state index >= 15 is 0 Å². The van der Waals surface area contributed by atoms with Gasteiger partial charge in [0.2, 0.25) is 12.0 Å². The molecule has 0 fully saturated rings. The first-order chi connectivity index (χ1) is 16.2. The third-order valence-corrected chi connectivity index (χ3v) is 6.48. The van der Waals surface area contributed by atoms with E-state index in [0.717, 1.165) is 45.8 Å². The van der Waals surface area contributed by atoms with Gasteiger partial charge in [-0.05, 0) is 39.1 Å². The van der Waals surface area contributed by atoms with Crippen molar-refractivity contribution < 1.29 is 8.66 Å². The second-order valence-corrected chi connectivity index (χ2v) is 10.6. The number of fused-ring (bicyclic) bond motifs is 2. The van der Waals surface area contributed by atoms with Crippen molar-refractivity contribution in [3.63, 3.8) is 0 Å². The SMILES string of the molecule is C=[n+]1ccc(=C2C=N[C-](CC(C)C)c3[cH-]c[o+]c32)cc1-c1cc(C(C)(C)C)c2ccccc2c1. The van der Waals surface area contributed by atoms with Crippen LogP contribution in [0.15, 0.2) is 76.5 Å². The van der Waals surface area contributed by atoms with Gasteiger partial charge in [-0.15, -0.1) is 23.9 Å². The van der Waals surface area contributed by atoms with Crippen molar-refractivity contribution in [1.82, 2.24) is 0 Å². The molecule has 2 aromatic heterocycles. The van der Waals surface area contributed by atoms with Gasteiger partial charge in [0.05, 0.1) is 0 Å². The summed E-state index contributed by atoms with van der Waals surface area (Å²) >= 11 is 0. The Hall–Kier alpha value is -3.59. The van der Waals surface area contributed by atoms with Crippen molar-refractivity contribution in [3.8, 4) is 11.3 Å². The molecular weight excluding hydrogens is 416 g/mol. The summed E-state index contributed by atoms with van der Waals surface area (Å²) in [5.74, 6) is 1.43. The van der Waals surface area contributed by atoms with Gasteiger partial charge in [-0.2, -0.15) is 4.24 Å². The largest absolute Gasteiger partial charge is 0.449 e. The second kappa shape index (κ2) is 8.32. The highest BCUT2D eigenvalue weighted by molar-refractivity contribution is 6.10. The van der Waals surface area contributed by atoms with Crippen LogP contribution >= 0.6 is 0 Å². The number of benzene rings is 2. The predicted molar refractivity (Wildman–Crippen MR) is 140 cm³/mol. The van der Waals surface area contributed by atoms with Gasteiger partial charge in [0.15, 0.2) is 12.0 Å². The number of hydrogen-bond acceptors (Lipinski definition) is 1. The molecule has 1 aliphatic rings. The molecule has 0 aliphatic carbocycles. The van der Waals surface area contributed by atoms with Gasteiger partial charge in [-0.25, -0.2) is 0 Å². The van der Waals surface area contributed by atoms with Gasteiger partial charge in [0.1, 0.15) is 6.72 Å². The molecule has 3 nitrogen and oxygen atoms in total. The summed E-state index contributed by atoms with van der Waals surface area (Å²) < 4.78 is 7.90. The number of pyridine rings is 1. The number of aliphatic imine (C=N–C) groups is 1. The Kier molecular flexibility index (Phi) is 5.44. The van der Waals surface area contributed by atoms with E-state index in [4.69, 9.17) is 9.41 Å². The number of aromatic nitrogens is 1. The minimum atomic E-state index is 0.0235. The normalized spacial score (nSPS) is 15.3. The maximum absolute atomic E-state index is 5.96. The van der Waals surface area contributed by atoms with Crippen LogP contribution in [0.4, 0.5) is 0 Å². The van der Waals surface area contributed by atoms with Gasteiger partial charge in [0, 0.05) is 17.7 Å². The molecule has 3 heterocycles. The quantitative estimate of drug-likeness (QED) is 0.199. The van der Waals surface area contributed by atoms with Gasteiger partial charge in [0.25, 0.3) is 0 Å². The summed E-state index contributed by atoms with van der Waals surface area (Å²) in [4.78, 5) is 4.83. The van der Waals surface area contributed by atoms with E-state index in [1.807, 2.05) is 22.7 Å². The molecule has 0 saturated carbocycles. The molecule has 0 saturated heterocycles. The summed E-state index contributed by atoms with van der Waals surface area (Å²) in [5.41, 5.74) is 5.67. The highest BCUT2D eigenvalue weighted by Gasteiger charge is 2.21. The molecule has 5 rings (SSSR count). The fourth-order valence-corrected chi connectivity index (χ4v) is 4.80. The first-order valence-electron chi connectivity index (χ1n) is 12.0. The lowest BCUT2D eigenvalue weighted by molar-refractivity contribution is -0.486. The molecular formula is C31H32N2O. The summed E-state index contributed by atoms with van der Waals surface area (Å²) in [6, 6.07) is 20.6. The van der Waals surface area contributed by atoms with Crippen molar-refractivity contribution in [2.45, 2.75) is 46.5 Å². The molecule has 0 spiro atoms. The van der Waals surface area contributed by atoms with E-state index in [9.17, 15) is 0 Å². The Morgan fingerprint density at radius 3 is 2.68 bits per heavy atom. The van der Waals surface area contributed by atoms with Gasteiger partial charge < -0.3 is 9.41 Å². The summed E-state index contributed by atoms with van der Waals surface area (Å²) in [5, 5.41) is 3.61. The van der Waals surface area contributed by atoms with E-state index in [1.54, 1.807) is 6.26 Å². The van der Waals surface area contributed by atoms with Crippen LogP contribution in [0, 0.1) is 18.7 Å². The van der Waals surface area contributed by atoms with E-state index in [0.29, 0.717) is 5.92 Å². The van der Waals surface area contributed by atoms with Crippen LogP contribution < -0.4 is 9.46 Å². The van der Waals surface area contributed by atoms with Gasteiger partial charge in [-0.3, -0.25) is 0 Å². The average molecular weight is 449 g/mol. The molecule has 0 radical (unpaired) electrons. The van der Waals surface area contributed by atoms with Crippen molar-refractivity contribution in [1.29, 1.82) is 0 Å². The van der Waals surface area contributed by atoms with Gasteiger partial charge in [-0.1, -0.05) is 76.8 Å². The summed E-state index contributed by atoms with van der Waals surface area (Å²) in [6.07, 6.45) is 6.68. The van der Waals surface area contributed by atoms with Crippen molar-refractivity contribution in [3.05, 3.63) is 102 Å². The van der Waals surface area contributed by atoms with Crippen LogP contribution in [0.2, 0.25) is 0 Å². The predicted octanol–water partition coefficient (Wildman–Crippen LogP) is 6.53. The molecule has 1 aliphatic heterocycles. The Morgan fingerprint density at radius 1 is 1.12 bits per heavy atom. The number of hydrogen-bond donors (Lipinski definition) is 0. The standard InChI is InChI=1S/C31H32N2O/c1-20(2)15-28-25-12-14-34-30(25)26(19-32-28)22-11-13-33(6)29(18-22)23-16-21-9-7-8-10-24(21)27(17-23)31(3,4)5/h7-14,16-20H,6,15H2,1-5H3. The first kappa shape index (κ1) is 22.2. The average Bonchev–Trinajstić information content (AvgIpc) is 3.29. The van der Waals surface area contributed by atoms with Crippen molar-refractivity contribution >= 4 is 22.6 Å². The monoisotopic (exact) mass is 448 g/mol. The van der Waals surface area contributed by atoms with E-state index in [2.05, 4.69) is 89.9 Å². The lowest BCUT2D eigenvalue weighted by Crippen LogP contribution is -2.23. The fraction of sp³-hybridized carbons (Fsp3) is 0.258. The van der Waals surface area contributed by atoms with Crippen LogP contribution in [0.3, 0.4) is 0 Å². The summed E-state index contributed by atoms with van der Waals surface area (Å²) in [7, 11) is 0. The maximum Gasteiger partial charge on any atom is 0.217 e. The van der Waals surface area contributed by atoms with E-state index < -0.39 is 0 Å². The lowest BCUT2D eigenvalue weighted by atomic mass is 9.82. The molecule has 2 aromatic carbocycles. The molecule has 0 bridgehead atoms. The zero-order valence-corrected chi connectivity index (χ0v) is 20.7. The Balaban J connectivity index is 1.71. The third kappa shape index (κ3) is 3.96. The molecule has 4 aromatic rings. The fourth-order valence-electron chi connectivity index (χ4n) is 4.80. The highest BCUT2D eigenvalue weighted by atomic mass is 16.3. The highest BCUT2D eigenvalue weighted by Crippen LogP contribution is 2.35. The van der Waals surface area contributed by atoms with Crippen molar-refractivity contribution in [2.75, 3.05) is 0 Å². The summed E-state index contributed by atoms with van der Waals surface area (Å²) in [6.45, 7) is 15.5. The number of furan rings is 1. The zero-order valence-electron chi connectivity index (χ0n) is 20.7. The Morgan fingerprint density at radius 2 is 1.91 bits per heavy atom. The maximum atomic E-state index is 5.96. The Bertz CT molecular complexity index is 1520. The molecule has 0 amide bonds. The Labute approximate surface area is 201 Å². The molecule has 34 heavy (non-hydrogen) atoms. The lowest BCUT2D eigenvalue weighted by Gasteiger charge is -2.30. The molecule has 0 atom stereocenters. The molecule has 0 N–H and O–H groups in total. The van der Waals surface area contributed by atoms with E-state index in [-0.39, 0.29) is 5.41 Å². The first-order valence-corrected chi connectivity index (χ1v) is 12.0. The minimum Gasteiger partial charge on any atom is -0.449 e. The van der Waals surface area contributed by atoms with Crippen molar-refractivity contribution in [2.24, 2.45) is 10.9 Å². The molecule has 172 valence electrons. The van der Waals surface area contributed by atoms with Crippen LogP contribution in [0.5, 0.6) is 0 Å². The number of nitrogens with zero attached hydrogens (tertiary/aromatic N) is 2. The van der Waals surface area contributed by atoms with Crippen LogP contribution in [-0.4, -0.2) is 6.21 Å². The molecule has 0 unspecified atom stereocenters. The smallest absolute Gasteiger partial charge is 0.217 e. The van der Waals surface area contributed by atoms with Crippen LogP contribution in [-0.2, 0) is 5.41 Å². The van der Waals surface area contributed by atoms with E-state index in [1.165, 1.54) is 16.3 Å². The third-order valence-electron chi connectivity index (χ3n) is 6.48.